The first-order valence-corrected chi connectivity index (χ1v) is 8.48. The van der Waals surface area contributed by atoms with E-state index in [1.165, 1.54) is 0 Å². The van der Waals surface area contributed by atoms with Crippen LogP contribution in [-0.2, 0) is 0 Å². The van der Waals surface area contributed by atoms with Gasteiger partial charge in [0.05, 0.1) is 5.39 Å². The van der Waals surface area contributed by atoms with Crippen molar-refractivity contribution in [3.8, 4) is 40.2 Å². The minimum absolute atomic E-state index is 0.0995. The van der Waals surface area contributed by atoms with Crippen LogP contribution in [0, 0.1) is 0 Å². The van der Waals surface area contributed by atoms with Gasteiger partial charge in [-0.3, -0.25) is 0 Å². The molecule has 21 heavy (non-hydrogen) atoms. The van der Waals surface area contributed by atoms with E-state index < -0.39 is 45.6 Å². The first-order valence-electron chi connectivity index (χ1n) is 5.88. The van der Waals surface area contributed by atoms with E-state index in [4.69, 9.17) is 0 Å². The van der Waals surface area contributed by atoms with E-state index in [1.807, 2.05) is 0 Å². The van der Waals surface area contributed by atoms with E-state index in [1.54, 1.807) is 0 Å². The van der Waals surface area contributed by atoms with Gasteiger partial charge in [-0.15, -0.1) is 20.7 Å². The van der Waals surface area contributed by atoms with Crippen LogP contribution in [0.5, 0.6) is 40.2 Å². The molecular formula is C13H11IO7. The van der Waals surface area contributed by atoms with Gasteiger partial charge in [-0.2, -0.15) is 0 Å². The van der Waals surface area contributed by atoms with Crippen LogP contribution in [0.3, 0.4) is 0 Å². The minimum atomic E-state index is -1.01. The smallest absolute Gasteiger partial charge is 0.205 e. The van der Waals surface area contributed by atoms with Crippen molar-refractivity contribution in [2.45, 2.75) is 6.42 Å². The molecule has 0 fully saturated rings. The average molecular weight is 406 g/mol. The Bertz CT molecular complexity index is 818. The topological polar surface area (TPSA) is 142 Å². The molecule has 0 aliphatic carbocycles. The molecule has 1 aliphatic heterocycles. The summed E-state index contributed by atoms with van der Waals surface area (Å²) in [6, 6.07) is 0. The molecule has 0 amide bonds. The van der Waals surface area contributed by atoms with Crippen LogP contribution in [0.4, 0.5) is 0 Å². The quantitative estimate of drug-likeness (QED) is 0.165. The number of fused-ring (bicyclic) bond motifs is 1. The summed E-state index contributed by atoms with van der Waals surface area (Å²) < 4.78 is 1.78. The van der Waals surface area contributed by atoms with Gasteiger partial charge in [-0.05, 0) is 14.4 Å². The molecule has 0 atom stereocenters. The van der Waals surface area contributed by atoms with Gasteiger partial charge < -0.3 is 35.7 Å². The molecule has 2 aromatic rings. The highest BCUT2D eigenvalue weighted by Crippen LogP contribution is 2.57. The van der Waals surface area contributed by atoms with Crippen LogP contribution in [0.25, 0.3) is 10.8 Å². The minimum Gasteiger partial charge on any atom is -0.504 e. The molecule has 8 heteroatoms. The fraction of sp³-hybridized carbons (Fsp3) is 0.154. The number of alkyl halides is 1. The van der Waals surface area contributed by atoms with Crippen LogP contribution in [0.15, 0.2) is 0 Å². The molecule has 112 valence electrons. The molecule has 0 spiro atoms. The Hall–Kier alpha value is -2.10. The molecule has 0 aromatic heterocycles. The summed E-state index contributed by atoms with van der Waals surface area (Å²) in [6.07, 6.45) is 0.655. The zero-order valence-electron chi connectivity index (χ0n) is 10.4. The van der Waals surface area contributed by atoms with E-state index in [0.29, 0.717) is 6.42 Å². The van der Waals surface area contributed by atoms with Crippen LogP contribution in [0.2, 0.25) is 0 Å². The van der Waals surface area contributed by atoms with Crippen molar-refractivity contribution in [1.29, 1.82) is 0 Å². The number of halogens is 1. The molecular weight excluding hydrogens is 395 g/mol. The average Bonchev–Trinajstić information content (AvgIpc) is 2.41. The summed E-state index contributed by atoms with van der Waals surface area (Å²) in [4.78, 5) is 0. The van der Waals surface area contributed by atoms with E-state index in [2.05, 4.69) is 0 Å². The summed E-state index contributed by atoms with van der Waals surface area (Å²) >= 11 is -0.381. The molecule has 7 nitrogen and oxygen atoms in total. The van der Waals surface area contributed by atoms with Crippen molar-refractivity contribution in [2.24, 2.45) is 0 Å². The number of benzene rings is 2. The lowest BCUT2D eigenvalue weighted by molar-refractivity contribution is 0.346. The molecule has 1 heterocycles. The maximum absolute atomic E-state index is 10.0. The number of phenols is 7. The predicted octanol–water partition coefficient (Wildman–Crippen LogP) is 1.67. The van der Waals surface area contributed by atoms with Crippen molar-refractivity contribution in [3.05, 3.63) is 5.56 Å². The van der Waals surface area contributed by atoms with Gasteiger partial charge in [0.25, 0.3) is 0 Å². The molecule has 0 unspecified atom stereocenters. The lowest BCUT2D eigenvalue weighted by Crippen LogP contribution is -2.08. The largest absolute Gasteiger partial charge is 0.504 e. The van der Waals surface area contributed by atoms with Crippen molar-refractivity contribution in [1.82, 2.24) is 0 Å². The normalized spacial score (nSPS) is 14.4. The number of rotatable bonds is 1. The second kappa shape index (κ2) is 4.45. The van der Waals surface area contributed by atoms with Crippen LogP contribution in [-0.4, -0.2) is 43.7 Å². The fourth-order valence-electron chi connectivity index (χ4n) is 2.28. The summed E-state index contributed by atoms with van der Waals surface area (Å²) in [5.41, 5.74) is 0.0995. The van der Waals surface area contributed by atoms with E-state index in [-0.39, 0.29) is 31.7 Å². The third kappa shape index (κ3) is 1.68. The lowest BCUT2D eigenvalue weighted by Gasteiger charge is -2.20. The molecule has 0 saturated heterocycles. The van der Waals surface area contributed by atoms with Gasteiger partial charge in [0, 0.05) is 10.9 Å². The molecule has 3 rings (SSSR count). The number of phenolic OH excluding ortho intramolecular Hbond substituents is 7. The molecule has 1 aliphatic rings. The molecule has 2 aromatic carbocycles. The Kier molecular flexibility index (Phi) is 2.94. The van der Waals surface area contributed by atoms with Crippen molar-refractivity contribution < 1.29 is 35.7 Å². The maximum Gasteiger partial charge on any atom is 0.205 e. The standard InChI is InChI=1S/C13H11IO7/c15-7-4(3-1-2-14-3)5-6(9(17)11(7)19)10(18)13(21)12(20)8(5)16/h15-21H,1-2H2. The molecule has 7 N–H and O–H groups in total. The van der Waals surface area contributed by atoms with Crippen LogP contribution in [0.1, 0.15) is 12.0 Å². The van der Waals surface area contributed by atoms with Gasteiger partial charge in [0.15, 0.2) is 23.0 Å². The zero-order valence-corrected chi connectivity index (χ0v) is 12.6. The van der Waals surface area contributed by atoms with Gasteiger partial charge in [0.1, 0.15) is 0 Å². The van der Waals surface area contributed by atoms with Gasteiger partial charge in [-0.1, -0.05) is 0 Å². The van der Waals surface area contributed by atoms with E-state index >= 15 is 0 Å². The highest BCUT2D eigenvalue weighted by molar-refractivity contribution is 14.2. The monoisotopic (exact) mass is 406 g/mol. The van der Waals surface area contributed by atoms with Crippen LogP contribution >= 0.6 is 20.7 Å². The number of aromatic hydroxyl groups is 7. The van der Waals surface area contributed by atoms with Gasteiger partial charge in [0.2, 0.25) is 17.2 Å². The highest BCUT2D eigenvalue weighted by Gasteiger charge is 2.30. The second-order valence-corrected chi connectivity index (χ2v) is 7.69. The Labute approximate surface area is 127 Å². The zero-order chi connectivity index (χ0) is 15.5. The molecule has 0 bridgehead atoms. The number of hydrogen-bond donors (Lipinski definition) is 7. The first kappa shape index (κ1) is 13.9. The SMILES string of the molecule is Oc1c(O)c(O)c2c(C3=ICC3)c(O)c(O)c(O)c2c1O. The third-order valence-corrected chi connectivity index (χ3v) is 6.49. The van der Waals surface area contributed by atoms with Crippen molar-refractivity contribution >= 4 is 35.0 Å². The summed E-state index contributed by atoms with van der Waals surface area (Å²) in [5.74, 6) is -5.97. The first-order chi connectivity index (χ1) is 9.86. The van der Waals surface area contributed by atoms with Gasteiger partial charge in [-0.25, -0.2) is 0 Å². The van der Waals surface area contributed by atoms with Crippen molar-refractivity contribution in [2.75, 3.05) is 4.43 Å². The highest BCUT2D eigenvalue weighted by atomic mass is 127. The third-order valence-electron chi connectivity index (χ3n) is 3.41. The van der Waals surface area contributed by atoms with Crippen LogP contribution < -0.4 is 0 Å². The summed E-state index contributed by atoms with van der Waals surface area (Å²) in [6.45, 7) is 0. The Morgan fingerprint density at radius 2 is 1.00 bits per heavy atom. The van der Waals surface area contributed by atoms with E-state index in [9.17, 15) is 35.7 Å². The Morgan fingerprint density at radius 1 is 0.571 bits per heavy atom. The Morgan fingerprint density at radius 3 is 1.43 bits per heavy atom. The van der Waals surface area contributed by atoms with Gasteiger partial charge >= 0.3 is 0 Å². The predicted molar refractivity (Wildman–Crippen MR) is 83.2 cm³/mol. The maximum atomic E-state index is 10.0. The summed E-state index contributed by atoms with van der Waals surface area (Å²) in [7, 11) is 0. The van der Waals surface area contributed by atoms with E-state index in [0.717, 1.165) is 7.94 Å². The molecule has 0 radical (unpaired) electrons. The second-order valence-electron chi connectivity index (χ2n) is 4.54. The molecule has 0 saturated carbocycles. The fourth-order valence-corrected chi connectivity index (χ4v) is 4.27. The number of hydrogen-bond acceptors (Lipinski definition) is 7. The Balaban J connectivity index is 2.63. The summed E-state index contributed by atoms with van der Waals surface area (Å²) in [5, 5.41) is 68.2. The lowest BCUT2D eigenvalue weighted by atomic mass is 9.96. The van der Waals surface area contributed by atoms with Crippen molar-refractivity contribution in [3.63, 3.8) is 0 Å².